The molecule has 1 aromatic heterocycles. The van der Waals surface area contributed by atoms with Crippen LogP contribution in [0.25, 0.3) is 0 Å². The van der Waals surface area contributed by atoms with E-state index in [9.17, 15) is 0 Å². The molecule has 0 unspecified atom stereocenters. The molecular weight excluding hydrogens is 176 g/mol. The lowest BCUT2D eigenvalue weighted by molar-refractivity contribution is 0.604. The molecule has 0 aliphatic heterocycles. The monoisotopic (exact) mass is 188 g/mol. The largest absolute Gasteiger partial charge is 0.144 e. The van der Waals surface area contributed by atoms with Crippen LogP contribution in [0.4, 0.5) is 0 Å². The summed E-state index contributed by atoms with van der Waals surface area (Å²) in [5.41, 5.74) is 0.190. The number of thiophene rings is 1. The summed E-state index contributed by atoms with van der Waals surface area (Å²) in [4.78, 5) is 2.58. The molecule has 0 spiro atoms. The zero-order valence-corrected chi connectivity index (χ0v) is 8.94. The van der Waals surface area contributed by atoms with E-state index >= 15 is 0 Å². The summed E-state index contributed by atoms with van der Waals surface area (Å²) in [6, 6.07) is 2.03. The minimum absolute atomic E-state index is 0.190. The van der Waals surface area contributed by atoms with Crippen molar-refractivity contribution < 1.29 is 0 Å². The first-order valence-corrected chi connectivity index (χ1v) is 4.87. The number of hydrogen-bond acceptors (Lipinski definition) is 1. The van der Waals surface area contributed by atoms with Crippen molar-refractivity contribution in [1.82, 2.24) is 0 Å². The summed E-state index contributed by atoms with van der Waals surface area (Å²) in [6.07, 6.45) is 0. The molecule has 0 saturated heterocycles. The lowest BCUT2D eigenvalue weighted by atomic mass is 9.95. The van der Waals surface area contributed by atoms with Crippen LogP contribution in [0, 0.1) is 6.92 Å². The molecule has 0 N–H and O–H groups in total. The van der Waals surface area contributed by atoms with Crippen LogP contribution >= 0.6 is 22.9 Å². The van der Waals surface area contributed by atoms with Gasteiger partial charge in [-0.1, -0.05) is 32.4 Å². The highest BCUT2D eigenvalue weighted by Gasteiger charge is 2.19. The number of halogens is 1. The van der Waals surface area contributed by atoms with E-state index in [-0.39, 0.29) is 5.41 Å². The number of hydrogen-bond donors (Lipinski definition) is 0. The van der Waals surface area contributed by atoms with Gasteiger partial charge in [-0.05, 0) is 18.4 Å². The molecule has 0 aromatic carbocycles. The first kappa shape index (κ1) is 9.08. The second-order valence-electron chi connectivity index (χ2n) is 3.78. The molecule has 0 radical (unpaired) electrons. The number of rotatable bonds is 0. The van der Waals surface area contributed by atoms with Crippen LogP contribution in [0.15, 0.2) is 6.07 Å². The van der Waals surface area contributed by atoms with E-state index in [0.29, 0.717) is 0 Å². The van der Waals surface area contributed by atoms with E-state index in [1.54, 1.807) is 11.3 Å². The fourth-order valence-electron chi connectivity index (χ4n) is 0.995. The summed E-state index contributed by atoms with van der Waals surface area (Å²) >= 11 is 7.83. The van der Waals surface area contributed by atoms with Crippen molar-refractivity contribution in [1.29, 1.82) is 0 Å². The molecule has 0 saturated carbocycles. The Kier molecular flexibility index (Phi) is 2.31. The van der Waals surface area contributed by atoms with Crippen LogP contribution in [0.2, 0.25) is 5.02 Å². The van der Waals surface area contributed by atoms with Gasteiger partial charge in [0.2, 0.25) is 0 Å². The smallest absolute Gasteiger partial charge is 0.0553 e. The van der Waals surface area contributed by atoms with Gasteiger partial charge in [-0.3, -0.25) is 0 Å². The Bertz CT molecular complexity index is 255. The second-order valence-corrected chi connectivity index (χ2v) is 5.45. The van der Waals surface area contributed by atoms with Crippen molar-refractivity contribution in [3.05, 3.63) is 20.8 Å². The molecule has 62 valence electrons. The molecule has 11 heavy (non-hydrogen) atoms. The van der Waals surface area contributed by atoms with Crippen molar-refractivity contribution >= 4 is 22.9 Å². The summed E-state index contributed by atoms with van der Waals surface area (Å²) in [5.74, 6) is 0. The Morgan fingerprint density at radius 3 is 2.09 bits per heavy atom. The maximum atomic E-state index is 6.04. The lowest BCUT2D eigenvalue weighted by Gasteiger charge is -2.16. The summed E-state index contributed by atoms with van der Waals surface area (Å²) in [7, 11) is 0. The van der Waals surface area contributed by atoms with Gasteiger partial charge in [-0.2, -0.15) is 0 Å². The quantitative estimate of drug-likeness (QED) is 0.577. The second kappa shape index (κ2) is 2.80. The van der Waals surface area contributed by atoms with Gasteiger partial charge in [0.05, 0.1) is 5.02 Å². The van der Waals surface area contributed by atoms with Crippen molar-refractivity contribution in [3.8, 4) is 0 Å². The zero-order valence-electron chi connectivity index (χ0n) is 7.36. The van der Waals surface area contributed by atoms with Gasteiger partial charge < -0.3 is 0 Å². The third kappa shape index (κ3) is 1.97. The van der Waals surface area contributed by atoms with E-state index in [1.807, 2.05) is 6.07 Å². The van der Waals surface area contributed by atoms with Crippen LogP contribution in [0.5, 0.6) is 0 Å². The Morgan fingerprint density at radius 1 is 1.36 bits per heavy atom. The molecule has 0 aliphatic rings. The maximum Gasteiger partial charge on any atom is 0.0553 e. The van der Waals surface area contributed by atoms with Gasteiger partial charge in [-0.15, -0.1) is 11.3 Å². The third-order valence-electron chi connectivity index (χ3n) is 1.49. The molecule has 0 amide bonds. The van der Waals surface area contributed by atoms with Gasteiger partial charge in [0.1, 0.15) is 0 Å². The Labute approximate surface area is 77.2 Å². The molecule has 0 atom stereocenters. The molecule has 0 fully saturated rings. The predicted molar refractivity (Wildman–Crippen MR) is 52.8 cm³/mol. The number of aryl methyl sites for hydroxylation is 1. The van der Waals surface area contributed by atoms with Gasteiger partial charge in [0, 0.05) is 9.75 Å². The SMILES string of the molecule is Cc1cc(Cl)c(C(C)(C)C)s1. The van der Waals surface area contributed by atoms with E-state index < -0.39 is 0 Å². The fourth-order valence-corrected chi connectivity index (χ4v) is 2.58. The molecule has 0 nitrogen and oxygen atoms in total. The van der Waals surface area contributed by atoms with Gasteiger partial charge in [-0.25, -0.2) is 0 Å². The Balaban J connectivity index is 3.13. The average Bonchev–Trinajstić information content (AvgIpc) is 2.08. The summed E-state index contributed by atoms with van der Waals surface area (Å²) < 4.78 is 0. The van der Waals surface area contributed by atoms with E-state index in [0.717, 1.165) is 5.02 Å². The fraction of sp³-hybridized carbons (Fsp3) is 0.556. The molecule has 1 heterocycles. The zero-order chi connectivity index (χ0) is 8.65. The highest BCUT2D eigenvalue weighted by Crippen LogP contribution is 2.36. The molecule has 2 heteroatoms. The van der Waals surface area contributed by atoms with E-state index in [1.165, 1.54) is 9.75 Å². The van der Waals surface area contributed by atoms with Gasteiger partial charge in [0.15, 0.2) is 0 Å². The summed E-state index contributed by atoms with van der Waals surface area (Å²) in [6.45, 7) is 8.64. The van der Waals surface area contributed by atoms with E-state index in [2.05, 4.69) is 27.7 Å². The van der Waals surface area contributed by atoms with Crippen molar-refractivity contribution in [3.63, 3.8) is 0 Å². The average molecular weight is 189 g/mol. The van der Waals surface area contributed by atoms with Crippen LogP contribution in [0.1, 0.15) is 30.5 Å². The Hall–Kier alpha value is -0.0100. The van der Waals surface area contributed by atoms with Crippen LogP contribution in [0.3, 0.4) is 0 Å². The molecule has 0 bridgehead atoms. The van der Waals surface area contributed by atoms with Crippen LogP contribution in [-0.4, -0.2) is 0 Å². The van der Waals surface area contributed by atoms with Crippen molar-refractivity contribution in [2.45, 2.75) is 33.1 Å². The minimum atomic E-state index is 0.190. The molecule has 0 aliphatic carbocycles. The highest BCUT2D eigenvalue weighted by atomic mass is 35.5. The highest BCUT2D eigenvalue weighted by molar-refractivity contribution is 7.12. The topological polar surface area (TPSA) is 0 Å². The van der Waals surface area contributed by atoms with Crippen molar-refractivity contribution in [2.24, 2.45) is 0 Å². The van der Waals surface area contributed by atoms with Crippen LogP contribution in [-0.2, 0) is 5.41 Å². The predicted octanol–water partition coefficient (Wildman–Crippen LogP) is 4.01. The van der Waals surface area contributed by atoms with Crippen molar-refractivity contribution in [2.75, 3.05) is 0 Å². The minimum Gasteiger partial charge on any atom is -0.144 e. The first-order chi connectivity index (χ1) is 4.91. The Morgan fingerprint density at radius 2 is 1.91 bits per heavy atom. The first-order valence-electron chi connectivity index (χ1n) is 3.67. The third-order valence-corrected chi connectivity index (χ3v) is 3.38. The van der Waals surface area contributed by atoms with E-state index in [4.69, 9.17) is 11.6 Å². The molecule has 1 rings (SSSR count). The molecule has 1 aromatic rings. The van der Waals surface area contributed by atoms with Gasteiger partial charge >= 0.3 is 0 Å². The molecular formula is C9H13ClS. The maximum absolute atomic E-state index is 6.04. The van der Waals surface area contributed by atoms with Gasteiger partial charge in [0.25, 0.3) is 0 Å². The standard InChI is InChI=1S/C9H13ClS/c1-6-5-7(10)8(11-6)9(2,3)4/h5H,1-4H3. The normalized spacial score (nSPS) is 12.1. The van der Waals surface area contributed by atoms with Crippen LogP contribution < -0.4 is 0 Å². The summed E-state index contributed by atoms with van der Waals surface area (Å²) in [5, 5.41) is 0.917. The lowest BCUT2D eigenvalue weighted by Crippen LogP contribution is -2.08.